The quantitative estimate of drug-likeness (QED) is 0.583. The fourth-order valence-electron chi connectivity index (χ4n) is 3.94. The first-order valence-corrected chi connectivity index (χ1v) is 10.2. The van der Waals surface area contributed by atoms with Crippen LogP contribution >= 0.6 is 0 Å². The molecule has 1 saturated heterocycles. The number of benzene rings is 2. The fourth-order valence-corrected chi connectivity index (χ4v) is 3.94. The first-order chi connectivity index (χ1) is 15.4. The molecule has 2 aliphatic rings. The van der Waals surface area contributed by atoms with Crippen LogP contribution in [0.5, 0.6) is 0 Å². The van der Waals surface area contributed by atoms with Crippen LogP contribution < -0.4 is 5.32 Å². The van der Waals surface area contributed by atoms with Gasteiger partial charge in [0.05, 0.1) is 23.5 Å². The lowest BCUT2D eigenvalue weighted by atomic mass is 10.0. The topological polar surface area (TPSA) is 94.8 Å². The Morgan fingerprint density at radius 2 is 1.72 bits per heavy atom. The number of morpholine rings is 1. The van der Waals surface area contributed by atoms with E-state index >= 15 is 0 Å². The molecule has 0 saturated carbocycles. The summed E-state index contributed by atoms with van der Waals surface area (Å²) in [5.41, 5.74) is 1.04. The predicted molar refractivity (Wildman–Crippen MR) is 116 cm³/mol. The first kappa shape index (κ1) is 21.4. The molecule has 2 aromatic carbocycles. The van der Waals surface area contributed by atoms with Crippen molar-refractivity contribution in [2.75, 3.05) is 13.1 Å². The van der Waals surface area contributed by atoms with E-state index in [-0.39, 0.29) is 34.9 Å². The molecule has 2 aliphatic heterocycles. The number of nitriles is 1. The van der Waals surface area contributed by atoms with Gasteiger partial charge >= 0.3 is 0 Å². The molecule has 2 atom stereocenters. The zero-order chi connectivity index (χ0) is 22.8. The molecule has 162 valence electrons. The molecule has 0 aliphatic carbocycles. The van der Waals surface area contributed by atoms with E-state index < -0.39 is 17.6 Å². The standard InChI is InChI=1S/C24H21FN4O3/c1-14-12-29(13-15(2)32-14)24(31)19(11-26)21-16-7-3-4-8-17(16)22(27-21)28-23(30)18-9-5-6-10-20(18)25/h3-10,14-15H,12-13H2,1-2H3,(H,27,28,30)/b21-19-/t14-,15-/m0/s1. The SMILES string of the molecule is C[C@H]1CN(C(=O)/C(C#N)=C2\N=C(NC(=O)c3ccccc3F)c3ccccc32)C[C@H](C)O1. The van der Waals surface area contributed by atoms with Crippen molar-refractivity contribution in [3.8, 4) is 6.07 Å². The lowest BCUT2D eigenvalue weighted by Crippen LogP contribution is -2.48. The average Bonchev–Trinajstić information content (AvgIpc) is 3.12. The molecule has 32 heavy (non-hydrogen) atoms. The van der Waals surface area contributed by atoms with Gasteiger partial charge in [0.1, 0.15) is 23.3 Å². The Morgan fingerprint density at radius 1 is 1.09 bits per heavy atom. The van der Waals surface area contributed by atoms with Crippen LogP contribution in [0.15, 0.2) is 59.1 Å². The van der Waals surface area contributed by atoms with Crippen molar-refractivity contribution >= 4 is 23.3 Å². The Labute approximate surface area is 184 Å². The van der Waals surface area contributed by atoms with E-state index in [9.17, 15) is 19.2 Å². The minimum absolute atomic E-state index is 0.117. The molecule has 0 unspecified atom stereocenters. The lowest BCUT2D eigenvalue weighted by Gasteiger charge is -2.35. The maximum atomic E-state index is 14.0. The number of aliphatic imine (C=N–C) groups is 1. The normalized spacial score (nSPS) is 21.3. The largest absolute Gasteiger partial charge is 0.372 e. The Morgan fingerprint density at radius 3 is 2.38 bits per heavy atom. The third-order valence-corrected chi connectivity index (χ3v) is 5.28. The van der Waals surface area contributed by atoms with E-state index in [0.29, 0.717) is 24.2 Å². The number of nitrogens with one attached hydrogen (secondary N) is 1. The third kappa shape index (κ3) is 4.03. The van der Waals surface area contributed by atoms with Gasteiger partial charge in [-0.1, -0.05) is 36.4 Å². The monoisotopic (exact) mass is 432 g/mol. The van der Waals surface area contributed by atoms with E-state index in [1.54, 1.807) is 35.2 Å². The molecular formula is C24H21FN4O3. The van der Waals surface area contributed by atoms with Crippen LogP contribution in [0.3, 0.4) is 0 Å². The van der Waals surface area contributed by atoms with Crippen LogP contribution in [-0.4, -0.2) is 47.8 Å². The Bertz CT molecular complexity index is 1190. The van der Waals surface area contributed by atoms with Crippen molar-refractivity contribution in [2.24, 2.45) is 4.99 Å². The second-order valence-corrected chi connectivity index (χ2v) is 7.74. The molecule has 2 heterocycles. The number of halogens is 1. The van der Waals surface area contributed by atoms with Gasteiger partial charge in [-0.15, -0.1) is 0 Å². The van der Waals surface area contributed by atoms with Gasteiger partial charge in [-0.3, -0.25) is 9.59 Å². The predicted octanol–water partition coefficient (Wildman–Crippen LogP) is 2.89. The van der Waals surface area contributed by atoms with Crippen molar-refractivity contribution in [3.05, 3.63) is 76.6 Å². The van der Waals surface area contributed by atoms with Gasteiger partial charge in [-0.25, -0.2) is 9.38 Å². The van der Waals surface area contributed by atoms with Gasteiger partial charge in [0, 0.05) is 24.2 Å². The van der Waals surface area contributed by atoms with Crippen LogP contribution in [0, 0.1) is 17.1 Å². The number of carbonyl (C=O) groups excluding carboxylic acids is 2. The molecule has 0 spiro atoms. The van der Waals surface area contributed by atoms with E-state index in [0.717, 1.165) is 0 Å². The summed E-state index contributed by atoms with van der Waals surface area (Å²) in [4.78, 5) is 31.8. The molecule has 1 N–H and O–H groups in total. The number of hydrogen-bond donors (Lipinski definition) is 1. The number of ether oxygens (including phenoxy) is 1. The summed E-state index contributed by atoms with van der Waals surface area (Å²) < 4.78 is 19.7. The number of nitrogens with zero attached hydrogens (tertiary/aromatic N) is 3. The first-order valence-electron chi connectivity index (χ1n) is 10.2. The molecule has 0 bridgehead atoms. The Hall–Kier alpha value is -3.83. The van der Waals surface area contributed by atoms with Crippen LogP contribution in [0.25, 0.3) is 5.70 Å². The highest BCUT2D eigenvalue weighted by Crippen LogP contribution is 2.31. The molecule has 8 heteroatoms. The minimum atomic E-state index is -0.668. The fraction of sp³-hybridized carbons (Fsp3) is 0.250. The maximum Gasteiger partial charge on any atom is 0.266 e. The molecule has 7 nitrogen and oxygen atoms in total. The second-order valence-electron chi connectivity index (χ2n) is 7.74. The minimum Gasteiger partial charge on any atom is -0.372 e. The smallest absolute Gasteiger partial charge is 0.266 e. The zero-order valence-corrected chi connectivity index (χ0v) is 17.6. The molecule has 0 radical (unpaired) electrons. The second kappa shape index (κ2) is 8.73. The van der Waals surface area contributed by atoms with Gasteiger partial charge in [-0.05, 0) is 26.0 Å². The van der Waals surface area contributed by atoms with Gasteiger partial charge < -0.3 is 15.0 Å². The Kier molecular flexibility index (Phi) is 5.84. The van der Waals surface area contributed by atoms with Crippen LogP contribution in [-0.2, 0) is 9.53 Å². The van der Waals surface area contributed by atoms with E-state index in [1.165, 1.54) is 18.2 Å². The molecule has 1 fully saturated rings. The summed E-state index contributed by atoms with van der Waals surface area (Å²) in [6.07, 6.45) is -0.301. The molecule has 2 amide bonds. The van der Waals surface area contributed by atoms with Crippen LogP contribution in [0.4, 0.5) is 4.39 Å². The van der Waals surface area contributed by atoms with Crippen molar-refractivity contribution in [1.82, 2.24) is 10.2 Å². The highest BCUT2D eigenvalue weighted by molar-refractivity contribution is 6.20. The van der Waals surface area contributed by atoms with Gasteiger partial charge in [0.25, 0.3) is 11.8 Å². The van der Waals surface area contributed by atoms with Crippen molar-refractivity contribution in [2.45, 2.75) is 26.1 Å². The lowest BCUT2D eigenvalue weighted by molar-refractivity contribution is -0.138. The number of carbonyl (C=O) groups is 2. The number of fused-ring (bicyclic) bond motifs is 1. The number of amides is 2. The zero-order valence-electron chi connectivity index (χ0n) is 17.6. The van der Waals surface area contributed by atoms with E-state index in [2.05, 4.69) is 10.3 Å². The third-order valence-electron chi connectivity index (χ3n) is 5.28. The summed E-state index contributed by atoms with van der Waals surface area (Å²) in [5.74, 6) is -1.60. The number of rotatable bonds is 2. The Balaban J connectivity index is 1.71. The summed E-state index contributed by atoms with van der Waals surface area (Å²) >= 11 is 0. The van der Waals surface area contributed by atoms with E-state index in [1.807, 2.05) is 19.9 Å². The average molecular weight is 432 g/mol. The van der Waals surface area contributed by atoms with Crippen molar-refractivity contribution < 1.29 is 18.7 Å². The van der Waals surface area contributed by atoms with Crippen LogP contribution in [0.2, 0.25) is 0 Å². The van der Waals surface area contributed by atoms with E-state index in [4.69, 9.17) is 4.74 Å². The van der Waals surface area contributed by atoms with Crippen molar-refractivity contribution in [1.29, 1.82) is 5.26 Å². The summed E-state index contributed by atoms with van der Waals surface area (Å²) in [7, 11) is 0. The van der Waals surface area contributed by atoms with Gasteiger partial charge in [0.15, 0.2) is 0 Å². The highest BCUT2D eigenvalue weighted by Gasteiger charge is 2.32. The molecule has 0 aromatic heterocycles. The van der Waals surface area contributed by atoms with Gasteiger partial charge in [-0.2, -0.15) is 5.26 Å². The number of amidine groups is 1. The molecular weight excluding hydrogens is 411 g/mol. The number of hydrogen-bond acceptors (Lipinski definition) is 5. The van der Waals surface area contributed by atoms with Crippen molar-refractivity contribution in [3.63, 3.8) is 0 Å². The highest BCUT2D eigenvalue weighted by atomic mass is 19.1. The summed E-state index contributed by atoms with van der Waals surface area (Å²) in [6, 6.07) is 14.6. The molecule has 2 aromatic rings. The molecule has 4 rings (SSSR count). The maximum absolute atomic E-state index is 14.0. The summed E-state index contributed by atoms with van der Waals surface area (Å²) in [5, 5.41) is 12.5. The van der Waals surface area contributed by atoms with Gasteiger partial charge in [0.2, 0.25) is 0 Å². The summed E-state index contributed by atoms with van der Waals surface area (Å²) in [6.45, 7) is 4.47. The van der Waals surface area contributed by atoms with Crippen LogP contribution in [0.1, 0.15) is 35.3 Å².